The van der Waals surface area contributed by atoms with Crippen LogP contribution in [0.1, 0.15) is 24.8 Å². The molecule has 1 aliphatic heterocycles. The van der Waals surface area contributed by atoms with Gasteiger partial charge in [0.2, 0.25) is 0 Å². The monoisotopic (exact) mass is 260 g/mol. The molecule has 1 aliphatic rings. The Balaban J connectivity index is 2.12. The Kier molecular flexibility index (Phi) is 4.31. The van der Waals surface area contributed by atoms with Gasteiger partial charge in [0.25, 0.3) is 5.69 Å². The lowest BCUT2D eigenvalue weighted by Crippen LogP contribution is -2.21. The lowest BCUT2D eigenvalue weighted by atomic mass is 10.1. The van der Waals surface area contributed by atoms with Gasteiger partial charge < -0.3 is 10.6 Å². The van der Waals surface area contributed by atoms with Crippen molar-refractivity contribution in [1.82, 2.24) is 5.32 Å². The molecule has 0 amide bonds. The number of nitrogens with zero attached hydrogens (tertiary/aromatic N) is 2. The van der Waals surface area contributed by atoms with E-state index in [0.717, 1.165) is 38.0 Å². The van der Waals surface area contributed by atoms with Crippen LogP contribution in [0.5, 0.6) is 0 Å². The number of benzene rings is 1. The van der Waals surface area contributed by atoms with Crippen LogP contribution in [0, 0.1) is 21.4 Å². The zero-order valence-corrected chi connectivity index (χ0v) is 10.6. The third-order valence-corrected chi connectivity index (χ3v) is 3.26. The number of anilines is 1. The first-order valence-corrected chi connectivity index (χ1v) is 6.36. The molecule has 0 saturated carbocycles. The van der Waals surface area contributed by atoms with Gasteiger partial charge in [0, 0.05) is 17.8 Å². The summed E-state index contributed by atoms with van der Waals surface area (Å²) in [5.74, 6) is 0. The molecule has 0 spiro atoms. The molecule has 2 rings (SSSR count). The van der Waals surface area contributed by atoms with E-state index in [2.05, 4.69) is 10.6 Å². The topological polar surface area (TPSA) is 91.0 Å². The van der Waals surface area contributed by atoms with Gasteiger partial charge in [0.1, 0.15) is 11.6 Å². The van der Waals surface area contributed by atoms with Crippen LogP contribution in [0.15, 0.2) is 18.2 Å². The smallest absolute Gasteiger partial charge is 0.287 e. The largest absolute Gasteiger partial charge is 0.382 e. The van der Waals surface area contributed by atoms with Crippen molar-refractivity contribution in [1.29, 1.82) is 5.26 Å². The van der Waals surface area contributed by atoms with Crippen molar-refractivity contribution in [3.63, 3.8) is 0 Å². The summed E-state index contributed by atoms with van der Waals surface area (Å²) >= 11 is 0. The van der Waals surface area contributed by atoms with Gasteiger partial charge in [0.15, 0.2) is 0 Å². The van der Waals surface area contributed by atoms with Gasteiger partial charge in [-0.15, -0.1) is 0 Å². The minimum absolute atomic E-state index is 0.0988. The van der Waals surface area contributed by atoms with E-state index in [-0.39, 0.29) is 11.3 Å². The highest BCUT2D eigenvalue weighted by Gasteiger charge is 2.16. The summed E-state index contributed by atoms with van der Waals surface area (Å²) in [6, 6.07) is 6.82. The van der Waals surface area contributed by atoms with Crippen LogP contribution in [0.4, 0.5) is 11.4 Å². The van der Waals surface area contributed by atoms with Crippen molar-refractivity contribution >= 4 is 11.4 Å². The van der Waals surface area contributed by atoms with Gasteiger partial charge in [0.05, 0.1) is 4.92 Å². The van der Waals surface area contributed by atoms with Gasteiger partial charge in [-0.05, 0) is 44.5 Å². The Morgan fingerprint density at radius 1 is 1.42 bits per heavy atom. The summed E-state index contributed by atoms with van der Waals surface area (Å²) in [5.41, 5.74) is 0.728. The molecule has 6 nitrogen and oxygen atoms in total. The molecular formula is C13H16N4O2. The van der Waals surface area contributed by atoms with Gasteiger partial charge in [-0.2, -0.15) is 5.26 Å². The first kappa shape index (κ1) is 13.3. The van der Waals surface area contributed by atoms with Crippen molar-refractivity contribution in [3.8, 4) is 6.07 Å². The molecule has 1 aromatic rings. The number of nitrogens with one attached hydrogen (secondary N) is 2. The number of rotatable bonds is 3. The Labute approximate surface area is 111 Å². The van der Waals surface area contributed by atoms with Crippen molar-refractivity contribution in [2.45, 2.75) is 25.3 Å². The fraction of sp³-hybridized carbons (Fsp3) is 0.462. The third-order valence-electron chi connectivity index (χ3n) is 3.26. The van der Waals surface area contributed by atoms with Crippen molar-refractivity contribution in [2.24, 2.45) is 0 Å². The number of nitriles is 1. The maximum Gasteiger partial charge on any atom is 0.287 e. The summed E-state index contributed by atoms with van der Waals surface area (Å²) in [7, 11) is 0. The fourth-order valence-electron chi connectivity index (χ4n) is 2.27. The fourth-order valence-corrected chi connectivity index (χ4v) is 2.27. The van der Waals surface area contributed by atoms with E-state index in [9.17, 15) is 10.1 Å². The molecule has 6 heteroatoms. The highest BCUT2D eigenvalue weighted by atomic mass is 16.6. The summed E-state index contributed by atoms with van der Waals surface area (Å²) in [6.07, 6.45) is 3.18. The van der Waals surface area contributed by atoms with Crippen molar-refractivity contribution in [3.05, 3.63) is 33.9 Å². The number of nitro benzene ring substituents is 1. The standard InChI is InChI=1S/C13H16N4O2/c14-9-10-8-12(3-4-13(10)17(18)19)16-11-2-1-6-15-7-5-11/h3-4,8,11,15-16H,1-2,5-7H2. The molecule has 1 unspecified atom stereocenters. The number of hydrogen-bond acceptors (Lipinski definition) is 5. The summed E-state index contributed by atoms with van der Waals surface area (Å²) in [6.45, 7) is 2.00. The maximum absolute atomic E-state index is 10.8. The Morgan fingerprint density at radius 2 is 2.26 bits per heavy atom. The normalized spacial score (nSPS) is 19.2. The van der Waals surface area contributed by atoms with Crippen LogP contribution in [0.3, 0.4) is 0 Å². The molecule has 1 heterocycles. The molecule has 1 fully saturated rings. The van der Waals surface area contributed by atoms with E-state index in [4.69, 9.17) is 5.26 Å². The van der Waals surface area contributed by atoms with Crippen LogP contribution in [-0.2, 0) is 0 Å². The Bertz CT molecular complexity index is 502. The minimum atomic E-state index is -0.530. The molecule has 1 saturated heterocycles. The van der Waals surface area contributed by atoms with Gasteiger partial charge in [-0.1, -0.05) is 0 Å². The van der Waals surface area contributed by atoms with E-state index in [0.29, 0.717) is 6.04 Å². The Hall–Kier alpha value is -2.13. The highest BCUT2D eigenvalue weighted by molar-refractivity contribution is 5.59. The lowest BCUT2D eigenvalue weighted by molar-refractivity contribution is -0.385. The molecule has 19 heavy (non-hydrogen) atoms. The maximum atomic E-state index is 10.8. The summed E-state index contributed by atoms with van der Waals surface area (Å²) < 4.78 is 0. The second-order valence-corrected chi connectivity index (χ2v) is 4.62. The van der Waals surface area contributed by atoms with Crippen molar-refractivity contribution < 1.29 is 4.92 Å². The summed E-state index contributed by atoms with van der Waals surface area (Å²) in [4.78, 5) is 10.2. The van der Waals surface area contributed by atoms with E-state index in [1.807, 2.05) is 6.07 Å². The molecule has 1 aromatic carbocycles. The molecular weight excluding hydrogens is 244 g/mol. The van der Waals surface area contributed by atoms with Crippen LogP contribution in [-0.4, -0.2) is 24.1 Å². The predicted octanol–water partition coefficient (Wildman–Crippen LogP) is 2.02. The summed E-state index contributed by atoms with van der Waals surface area (Å²) in [5, 5.41) is 26.4. The quantitative estimate of drug-likeness (QED) is 0.641. The molecule has 2 N–H and O–H groups in total. The SMILES string of the molecule is N#Cc1cc(NC2CCCNCC2)ccc1[N+](=O)[O-]. The molecule has 100 valence electrons. The zero-order valence-electron chi connectivity index (χ0n) is 10.6. The molecule has 0 bridgehead atoms. The van der Waals surface area contributed by atoms with E-state index < -0.39 is 4.92 Å². The predicted molar refractivity (Wildman–Crippen MR) is 71.9 cm³/mol. The van der Waals surface area contributed by atoms with Crippen LogP contribution >= 0.6 is 0 Å². The second-order valence-electron chi connectivity index (χ2n) is 4.62. The average Bonchev–Trinajstić information content (AvgIpc) is 2.67. The first-order valence-electron chi connectivity index (χ1n) is 6.36. The Morgan fingerprint density at radius 3 is 3.00 bits per heavy atom. The number of hydrogen-bond donors (Lipinski definition) is 2. The first-order chi connectivity index (χ1) is 9.20. The molecule has 0 radical (unpaired) electrons. The van der Waals surface area contributed by atoms with Crippen LogP contribution in [0.25, 0.3) is 0 Å². The van der Waals surface area contributed by atoms with Gasteiger partial charge in [-0.3, -0.25) is 10.1 Å². The van der Waals surface area contributed by atoms with Gasteiger partial charge in [-0.25, -0.2) is 0 Å². The average molecular weight is 260 g/mol. The molecule has 1 atom stereocenters. The lowest BCUT2D eigenvalue weighted by Gasteiger charge is -2.17. The van der Waals surface area contributed by atoms with E-state index in [1.54, 1.807) is 12.1 Å². The molecule has 0 aliphatic carbocycles. The number of nitro groups is 1. The van der Waals surface area contributed by atoms with Gasteiger partial charge >= 0.3 is 0 Å². The second kappa shape index (κ2) is 6.16. The molecule has 0 aromatic heterocycles. The zero-order chi connectivity index (χ0) is 13.7. The minimum Gasteiger partial charge on any atom is -0.382 e. The van der Waals surface area contributed by atoms with E-state index >= 15 is 0 Å². The van der Waals surface area contributed by atoms with Crippen molar-refractivity contribution in [2.75, 3.05) is 18.4 Å². The van der Waals surface area contributed by atoms with Crippen LogP contribution in [0.2, 0.25) is 0 Å². The highest BCUT2D eigenvalue weighted by Crippen LogP contribution is 2.23. The van der Waals surface area contributed by atoms with E-state index in [1.165, 1.54) is 6.07 Å². The van der Waals surface area contributed by atoms with Crippen LogP contribution < -0.4 is 10.6 Å². The third kappa shape index (κ3) is 3.42.